The first-order chi connectivity index (χ1) is 11.2. The van der Waals surface area contributed by atoms with Crippen molar-refractivity contribution in [3.63, 3.8) is 0 Å². The van der Waals surface area contributed by atoms with Crippen molar-refractivity contribution in [2.75, 3.05) is 6.61 Å². The molecule has 0 saturated heterocycles. The van der Waals surface area contributed by atoms with Gasteiger partial charge in [0.1, 0.15) is 5.75 Å². The third-order valence-electron chi connectivity index (χ3n) is 4.88. The molecular formula is C18H26N2O3. The Morgan fingerprint density at radius 2 is 2.09 bits per heavy atom. The van der Waals surface area contributed by atoms with Gasteiger partial charge in [-0.05, 0) is 49.8 Å². The normalized spacial score (nSPS) is 26.4. The maximum atomic E-state index is 12.3. The molecule has 3 N–H and O–H groups in total. The van der Waals surface area contributed by atoms with Crippen LogP contribution in [-0.2, 0) is 6.42 Å². The minimum absolute atomic E-state index is 0.0196. The summed E-state index contributed by atoms with van der Waals surface area (Å²) >= 11 is 0. The van der Waals surface area contributed by atoms with Crippen LogP contribution >= 0.6 is 0 Å². The largest absolute Gasteiger partial charge is 0.494 e. The fraction of sp³-hybridized carbons (Fsp3) is 0.611. The molecule has 2 aliphatic carbocycles. The third-order valence-corrected chi connectivity index (χ3v) is 4.88. The van der Waals surface area contributed by atoms with E-state index in [9.17, 15) is 9.90 Å². The molecule has 126 valence electrons. The van der Waals surface area contributed by atoms with Gasteiger partial charge in [-0.3, -0.25) is 0 Å². The molecule has 1 fully saturated rings. The van der Waals surface area contributed by atoms with Gasteiger partial charge in [-0.15, -0.1) is 0 Å². The number of ether oxygens (including phenoxy) is 1. The van der Waals surface area contributed by atoms with Crippen molar-refractivity contribution in [2.24, 2.45) is 0 Å². The van der Waals surface area contributed by atoms with E-state index in [0.29, 0.717) is 6.61 Å². The monoisotopic (exact) mass is 318 g/mol. The Morgan fingerprint density at radius 3 is 2.87 bits per heavy atom. The van der Waals surface area contributed by atoms with Crippen molar-refractivity contribution < 1.29 is 14.6 Å². The molecule has 5 nitrogen and oxygen atoms in total. The van der Waals surface area contributed by atoms with Crippen molar-refractivity contribution in [1.82, 2.24) is 10.6 Å². The molecule has 0 heterocycles. The first-order valence-electron chi connectivity index (χ1n) is 8.68. The quantitative estimate of drug-likeness (QED) is 0.799. The van der Waals surface area contributed by atoms with Crippen LogP contribution in [0.25, 0.3) is 0 Å². The van der Waals surface area contributed by atoms with Crippen LogP contribution in [0.4, 0.5) is 4.79 Å². The van der Waals surface area contributed by atoms with E-state index < -0.39 is 6.10 Å². The Hall–Kier alpha value is -1.75. The molecule has 3 atom stereocenters. The first-order valence-corrected chi connectivity index (χ1v) is 8.68. The van der Waals surface area contributed by atoms with E-state index in [-0.39, 0.29) is 18.1 Å². The zero-order valence-corrected chi connectivity index (χ0v) is 13.7. The van der Waals surface area contributed by atoms with Gasteiger partial charge in [0.2, 0.25) is 0 Å². The fourth-order valence-electron chi connectivity index (χ4n) is 3.71. The molecule has 0 aromatic heterocycles. The number of urea groups is 1. The SMILES string of the molecule is CCOc1cccc2c1CC[C@@H]2NC(=O)N[C@@H]1CCCC[C@@H]1O. The second-order valence-corrected chi connectivity index (χ2v) is 6.42. The van der Waals surface area contributed by atoms with Gasteiger partial charge in [0.25, 0.3) is 0 Å². The van der Waals surface area contributed by atoms with E-state index in [4.69, 9.17) is 4.74 Å². The summed E-state index contributed by atoms with van der Waals surface area (Å²) in [6.07, 6.45) is 5.11. The molecule has 3 rings (SSSR count). The number of benzene rings is 1. The van der Waals surface area contributed by atoms with E-state index in [0.717, 1.165) is 49.8 Å². The van der Waals surface area contributed by atoms with Crippen molar-refractivity contribution in [3.05, 3.63) is 29.3 Å². The summed E-state index contributed by atoms with van der Waals surface area (Å²) < 4.78 is 5.68. The number of nitrogens with one attached hydrogen (secondary N) is 2. The first kappa shape index (κ1) is 16.1. The van der Waals surface area contributed by atoms with Gasteiger partial charge in [0, 0.05) is 0 Å². The summed E-state index contributed by atoms with van der Waals surface area (Å²) in [6, 6.07) is 5.74. The number of aliphatic hydroxyl groups is 1. The number of amides is 2. The molecule has 0 bridgehead atoms. The smallest absolute Gasteiger partial charge is 0.315 e. The summed E-state index contributed by atoms with van der Waals surface area (Å²) in [5.74, 6) is 0.928. The van der Waals surface area contributed by atoms with Gasteiger partial charge in [0.15, 0.2) is 0 Å². The van der Waals surface area contributed by atoms with Gasteiger partial charge in [-0.2, -0.15) is 0 Å². The molecule has 2 aliphatic rings. The molecule has 0 radical (unpaired) electrons. The lowest BCUT2D eigenvalue weighted by Gasteiger charge is -2.29. The number of carbonyl (C=O) groups is 1. The van der Waals surface area contributed by atoms with Crippen LogP contribution < -0.4 is 15.4 Å². The van der Waals surface area contributed by atoms with Gasteiger partial charge >= 0.3 is 6.03 Å². The van der Waals surface area contributed by atoms with E-state index in [2.05, 4.69) is 16.7 Å². The molecule has 5 heteroatoms. The number of rotatable bonds is 4. The average Bonchev–Trinajstić information content (AvgIpc) is 2.94. The van der Waals surface area contributed by atoms with Crippen LogP contribution in [0.15, 0.2) is 18.2 Å². The summed E-state index contributed by atoms with van der Waals surface area (Å²) in [7, 11) is 0. The number of fused-ring (bicyclic) bond motifs is 1. The van der Waals surface area contributed by atoms with Crippen LogP contribution in [0.3, 0.4) is 0 Å². The highest BCUT2D eigenvalue weighted by Crippen LogP contribution is 2.36. The van der Waals surface area contributed by atoms with Gasteiger partial charge in [0.05, 0.1) is 24.8 Å². The van der Waals surface area contributed by atoms with Crippen LogP contribution in [0.2, 0.25) is 0 Å². The van der Waals surface area contributed by atoms with Crippen LogP contribution in [0.1, 0.15) is 56.2 Å². The van der Waals surface area contributed by atoms with E-state index in [1.165, 1.54) is 5.56 Å². The fourth-order valence-corrected chi connectivity index (χ4v) is 3.71. The van der Waals surface area contributed by atoms with Crippen molar-refractivity contribution in [3.8, 4) is 5.75 Å². The van der Waals surface area contributed by atoms with Crippen LogP contribution in [-0.4, -0.2) is 29.9 Å². The van der Waals surface area contributed by atoms with E-state index in [1.54, 1.807) is 0 Å². The minimum atomic E-state index is -0.421. The number of hydrogen-bond donors (Lipinski definition) is 3. The molecule has 0 spiro atoms. The molecule has 2 amide bonds. The summed E-state index contributed by atoms with van der Waals surface area (Å²) in [6.45, 7) is 2.63. The van der Waals surface area contributed by atoms with Crippen LogP contribution in [0, 0.1) is 0 Å². The van der Waals surface area contributed by atoms with Gasteiger partial charge < -0.3 is 20.5 Å². The molecule has 1 aromatic carbocycles. The molecular weight excluding hydrogens is 292 g/mol. The number of aliphatic hydroxyl groups excluding tert-OH is 1. The third kappa shape index (κ3) is 3.61. The second kappa shape index (κ2) is 7.21. The number of carbonyl (C=O) groups excluding carboxylic acids is 1. The topological polar surface area (TPSA) is 70.6 Å². The van der Waals surface area contributed by atoms with E-state index >= 15 is 0 Å². The number of hydrogen-bond acceptors (Lipinski definition) is 3. The molecule has 1 saturated carbocycles. The lowest BCUT2D eigenvalue weighted by Crippen LogP contribution is -2.49. The molecule has 0 unspecified atom stereocenters. The molecule has 0 aliphatic heterocycles. The zero-order chi connectivity index (χ0) is 16.2. The average molecular weight is 318 g/mol. The Balaban J connectivity index is 1.62. The molecule has 23 heavy (non-hydrogen) atoms. The zero-order valence-electron chi connectivity index (χ0n) is 13.7. The highest BCUT2D eigenvalue weighted by Gasteiger charge is 2.29. The summed E-state index contributed by atoms with van der Waals surface area (Å²) in [5, 5.41) is 16.0. The molecule has 1 aromatic rings. The van der Waals surface area contributed by atoms with E-state index in [1.807, 2.05) is 19.1 Å². The Morgan fingerprint density at radius 1 is 1.26 bits per heavy atom. The Kier molecular flexibility index (Phi) is 5.06. The standard InChI is InChI=1S/C18H26N2O3/c1-2-23-17-9-5-6-12-13(17)10-11-14(12)19-18(22)20-15-7-3-4-8-16(15)21/h5-6,9,14-16,21H,2-4,7-8,10-11H2,1H3,(H2,19,20,22)/t14-,15+,16-/m0/s1. The highest BCUT2D eigenvalue weighted by atomic mass is 16.5. The van der Waals surface area contributed by atoms with Crippen molar-refractivity contribution >= 4 is 6.03 Å². The Labute approximate surface area is 137 Å². The summed E-state index contributed by atoms with van der Waals surface area (Å²) in [5.41, 5.74) is 2.35. The second-order valence-electron chi connectivity index (χ2n) is 6.42. The highest BCUT2D eigenvalue weighted by molar-refractivity contribution is 5.75. The van der Waals surface area contributed by atoms with Gasteiger partial charge in [-0.1, -0.05) is 25.0 Å². The lowest BCUT2D eigenvalue weighted by molar-refractivity contribution is 0.0940. The predicted octanol–water partition coefficient (Wildman–Crippen LogP) is 2.68. The maximum Gasteiger partial charge on any atom is 0.315 e. The van der Waals surface area contributed by atoms with Crippen LogP contribution in [0.5, 0.6) is 5.75 Å². The van der Waals surface area contributed by atoms with Crippen molar-refractivity contribution in [1.29, 1.82) is 0 Å². The minimum Gasteiger partial charge on any atom is -0.494 e. The lowest BCUT2D eigenvalue weighted by atomic mass is 9.93. The van der Waals surface area contributed by atoms with Crippen molar-refractivity contribution in [2.45, 2.75) is 63.6 Å². The Bertz CT molecular complexity index is 561. The van der Waals surface area contributed by atoms with Gasteiger partial charge in [-0.25, -0.2) is 4.79 Å². The maximum absolute atomic E-state index is 12.3. The summed E-state index contributed by atoms with van der Waals surface area (Å²) in [4.78, 5) is 12.3. The predicted molar refractivity (Wildman–Crippen MR) is 88.6 cm³/mol.